The van der Waals surface area contributed by atoms with E-state index >= 15 is 0 Å². The lowest BCUT2D eigenvalue weighted by atomic mass is 10.1. The minimum Gasteiger partial charge on any atom is -0.465 e. The molecule has 0 atom stereocenters. The number of ether oxygens (including phenoxy) is 3. The van der Waals surface area contributed by atoms with Gasteiger partial charge in [-0.1, -0.05) is 36.4 Å². The summed E-state index contributed by atoms with van der Waals surface area (Å²) in [6.45, 7) is 0. The smallest absolute Gasteiger partial charge is 0.343 e. The number of benzene rings is 4. The van der Waals surface area contributed by atoms with Crippen molar-refractivity contribution in [3.8, 4) is 11.5 Å². The Morgan fingerprint density at radius 2 is 1.17 bits per heavy atom. The topological polar surface area (TPSA) is 91.3 Å². The highest BCUT2D eigenvalue weighted by Crippen LogP contribution is 2.26. The highest BCUT2D eigenvalue weighted by atomic mass is 16.5. The van der Waals surface area contributed by atoms with Gasteiger partial charge in [0.2, 0.25) is 0 Å². The Bertz CT molecular complexity index is 1400. The molecule has 0 heterocycles. The Kier molecular flexibility index (Phi) is 7.63. The molecule has 0 bridgehead atoms. The van der Waals surface area contributed by atoms with Crippen LogP contribution in [0.25, 0.3) is 0 Å². The van der Waals surface area contributed by atoms with Gasteiger partial charge in [0, 0.05) is 6.21 Å². The molecule has 0 unspecified atom stereocenters. The van der Waals surface area contributed by atoms with Crippen molar-refractivity contribution in [1.29, 1.82) is 0 Å². The summed E-state index contributed by atoms with van der Waals surface area (Å²) in [5, 5.41) is 0. The van der Waals surface area contributed by atoms with Gasteiger partial charge in [0.05, 0.1) is 29.5 Å². The molecule has 0 saturated heterocycles. The third-order valence-corrected chi connectivity index (χ3v) is 5.05. The molecule has 0 aliphatic rings. The number of rotatable bonds is 7. The SMILES string of the molecule is COC(=O)c1cc(OC(=O)c2ccccc2)ccc1/N=C/c1ccc(OC(=O)c2ccccc2)cc1. The van der Waals surface area contributed by atoms with E-state index in [4.69, 9.17) is 14.2 Å². The largest absolute Gasteiger partial charge is 0.465 e. The molecule has 0 radical (unpaired) electrons. The van der Waals surface area contributed by atoms with Gasteiger partial charge in [0.25, 0.3) is 0 Å². The Balaban J connectivity index is 1.48. The van der Waals surface area contributed by atoms with Crippen molar-refractivity contribution in [3.63, 3.8) is 0 Å². The monoisotopic (exact) mass is 479 g/mol. The third-order valence-electron chi connectivity index (χ3n) is 5.05. The van der Waals surface area contributed by atoms with Gasteiger partial charge in [-0.05, 0) is 72.3 Å². The Morgan fingerprint density at radius 1 is 0.639 bits per heavy atom. The molecule has 0 spiro atoms. The predicted octanol–water partition coefficient (Wildman–Crippen LogP) is 5.66. The molecule has 7 nitrogen and oxygen atoms in total. The Morgan fingerprint density at radius 3 is 1.72 bits per heavy atom. The first-order chi connectivity index (χ1) is 17.5. The summed E-state index contributed by atoms with van der Waals surface area (Å²) < 4.78 is 15.6. The average molecular weight is 479 g/mol. The molecule has 0 aromatic heterocycles. The molecule has 0 aliphatic carbocycles. The van der Waals surface area contributed by atoms with Crippen LogP contribution in [-0.4, -0.2) is 31.2 Å². The summed E-state index contributed by atoms with van der Waals surface area (Å²) >= 11 is 0. The highest BCUT2D eigenvalue weighted by molar-refractivity contribution is 5.97. The van der Waals surface area contributed by atoms with Crippen LogP contribution in [0.5, 0.6) is 11.5 Å². The van der Waals surface area contributed by atoms with Gasteiger partial charge in [-0.25, -0.2) is 14.4 Å². The Labute approximate surface area is 207 Å². The summed E-state index contributed by atoms with van der Waals surface area (Å²) in [7, 11) is 1.26. The normalized spacial score (nSPS) is 10.6. The van der Waals surface area contributed by atoms with Crippen LogP contribution in [0.15, 0.2) is 108 Å². The summed E-state index contributed by atoms with van der Waals surface area (Å²) in [4.78, 5) is 41.2. The molecule has 0 saturated carbocycles. The van der Waals surface area contributed by atoms with Crippen LogP contribution in [0, 0.1) is 0 Å². The lowest BCUT2D eigenvalue weighted by Gasteiger charge is -2.08. The fourth-order valence-electron chi connectivity index (χ4n) is 3.21. The van der Waals surface area contributed by atoms with Crippen LogP contribution in [-0.2, 0) is 4.74 Å². The van der Waals surface area contributed by atoms with Crippen LogP contribution >= 0.6 is 0 Å². The number of nitrogens with zero attached hydrogens (tertiary/aromatic N) is 1. The fraction of sp³-hybridized carbons (Fsp3) is 0.0345. The summed E-state index contributed by atoms with van der Waals surface area (Å²) in [6, 6.07) is 28.5. The van der Waals surface area contributed by atoms with Crippen molar-refractivity contribution < 1.29 is 28.6 Å². The molecule has 4 rings (SSSR count). The van der Waals surface area contributed by atoms with Crippen molar-refractivity contribution in [2.24, 2.45) is 4.99 Å². The quantitative estimate of drug-likeness (QED) is 0.193. The zero-order valence-corrected chi connectivity index (χ0v) is 19.3. The molecule has 4 aromatic carbocycles. The second-order valence-electron chi connectivity index (χ2n) is 7.51. The number of hydrogen-bond donors (Lipinski definition) is 0. The summed E-state index contributed by atoms with van der Waals surface area (Å²) in [6.07, 6.45) is 1.56. The summed E-state index contributed by atoms with van der Waals surface area (Å²) in [5.74, 6) is -1.04. The van der Waals surface area contributed by atoms with E-state index in [1.54, 1.807) is 97.2 Å². The number of carbonyl (C=O) groups excluding carboxylic acids is 3. The maximum absolute atomic E-state index is 12.3. The maximum Gasteiger partial charge on any atom is 0.343 e. The summed E-state index contributed by atoms with van der Waals surface area (Å²) in [5.41, 5.74) is 2.03. The second kappa shape index (κ2) is 11.4. The van der Waals surface area contributed by atoms with Crippen LogP contribution in [0.1, 0.15) is 36.6 Å². The molecule has 36 heavy (non-hydrogen) atoms. The number of aliphatic imine (C=N–C) groups is 1. The first-order valence-corrected chi connectivity index (χ1v) is 10.9. The highest BCUT2D eigenvalue weighted by Gasteiger charge is 2.15. The third kappa shape index (κ3) is 6.09. The van der Waals surface area contributed by atoms with Gasteiger partial charge in [0.1, 0.15) is 11.5 Å². The molecule has 4 aromatic rings. The van der Waals surface area contributed by atoms with Crippen LogP contribution < -0.4 is 9.47 Å². The number of hydrogen-bond acceptors (Lipinski definition) is 7. The van der Waals surface area contributed by atoms with Crippen molar-refractivity contribution >= 4 is 29.8 Å². The van der Waals surface area contributed by atoms with Crippen LogP contribution in [0.3, 0.4) is 0 Å². The van der Waals surface area contributed by atoms with E-state index in [0.717, 1.165) is 0 Å². The number of methoxy groups -OCH3 is 1. The van der Waals surface area contributed by atoms with E-state index in [1.165, 1.54) is 13.2 Å². The zero-order chi connectivity index (χ0) is 25.3. The molecule has 178 valence electrons. The van der Waals surface area contributed by atoms with Crippen molar-refractivity contribution in [2.45, 2.75) is 0 Å². The van der Waals surface area contributed by atoms with E-state index in [2.05, 4.69) is 4.99 Å². The van der Waals surface area contributed by atoms with E-state index in [9.17, 15) is 14.4 Å². The second-order valence-corrected chi connectivity index (χ2v) is 7.51. The minimum atomic E-state index is -0.622. The van der Waals surface area contributed by atoms with Gasteiger partial charge in [-0.15, -0.1) is 0 Å². The molecule has 0 N–H and O–H groups in total. The molecule has 7 heteroatoms. The standard InChI is InChI=1S/C29H21NO6/c1-34-29(33)25-18-24(36-28(32)22-10-6-3-7-11-22)16-17-26(25)30-19-20-12-14-23(15-13-20)35-27(31)21-8-4-2-5-9-21/h2-19H,1H3/b30-19+. The van der Waals surface area contributed by atoms with E-state index in [0.29, 0.717) is 28.1 Å². The van der Waals surface area contributed by atoms with E-state index in [1.807, 2.05) is 6.07 Å². The zero-order valence-electron chi connectivity index (χ0n) is 19.3. The van der Waals surface area contributed by atoms with Gasteiger partial charge in [0.15, 0.2) is 0 Å². The van der Waals surface area contributed by atoms with Gasteiger partial charge < -0.3 is 14.2 Å². The average Bonchev–Trinajstić information content (AvgIpc) is 2.93. The van der Waals surface area contributed by atoms with Crippen LogP contribution in [0.2, 0.25) is 0 Å². The van der Waals surface area contributed by atoms with Crippen molar-refractivity contribution in [2.75, 3.05) is 7.11 Å². The van der Waals surface area contributed by atoms with Gasteiger partial charge >= 0.3 is 17.9 Å². The predicted molar refractivity (Wildman–Crippen MR) is 134 cm³/mol. The minimum absolute atomic E-state index is 0.139. The van der Waals surface area contributed by atoms with Crippen LogP contribution in [0.4, 0.5) is 5.69 Å². The molecule has 0 amide bonds. The number of esters is 3. The lowest BCUT2D eigenvalue weighted by Crippen LogP contribution is -2.09. The maximum atomic E-state index is 12.3. The first-order valence-electron chi connectivity index (χ1n) is 10.9. The Hall–Kier alpha value is -5.04. The van der Waals surface area contributed by atoms with E-state index in [-0.39, 0.29) is 11.3 Å². The van der Waals surface area contributed by atoms with Crippen molar-refractivity contribution in [3.05, 3.63) is 125 Å². The number of carbonyl (C=O) groups is 3. The van der Waals surface area contributed by atoms with Gasteiger partial charge in [-0.3, -0.25) is 4.99 Å². The van der Waals surface area contributed by atoms with Crippen molar-refractivity contribution in [1.82, 2.24) is 0 Å². The lowest BCUT2D eigenvalue weighted by molar-refractivity contribution is 0.0598. The molecule has 0 aliphatic heterocycles. The first kappa shape index (κ1) is 24.1. The fourth-order valence-corrected chi connectivity index (χ4v) is 3.21. The molecular weight excluding hydrogens is 458 g/mol. The molecule has 0 fully saturated rings. The van der Waals surface area contributed by atoms with Gasteiger partial charge in [-0.2, -0.15) is 0 Å². The molecular formula is C29H21NO6. The van der Waals surface area contributed by atoms with E-state index < -0.39 is 17.9 Å².